The van der Waals surface area contributed by atoms with Gasteiger partial charge in [-0.1, -0.05) is 55.5 Å². The van der Waals surface area contributed by atoms with Crippen molar-refractivity contribution in [2.24, 2.45) is 0 Å². The summed E-state index contributed by atoms with van der Waals surface area (Å²) in [4.78, 5) is 35.0. The first-order chi connectivity index (χ1) is 15.4. The van der Waals surface area contributed by atoms with Crippen LogP contribution >= 0.6 is 0 Å². The Morgan fingerprint density at radius 1 is 1.03 bits per heavy atom. The van der Waals surface area contributed by atoms with Crippen molar-refractivity contribution in [1.82, 2.24) is 10.6 Å². The molecular weight excluding hydrogens is 412 g/mol. The lowest BCUT2D eigenvalue weighted by atomic mass is 9.98. The second-order valence-corrected chi connectivity index (χ2v) is 7.77. The molecule has 0 saturated heterocycles. The highest BCUT2D eigenvalue weighted by Crippen LogP contribution is 2.44. The van der Waals surface area contributed by atoms with Crippen molar-refractivity contribution >= 4 is 18.0 Å². The molecule has 4 N–H and O–H groups in total. The Bertz CT molecular complexity index is 931. The fourth-order valence-electron chi connectivity index (χ4n) is 3.87. The minimum atomic E-state index is -1.52. The number of hydrogen-bond donors (Lipinski definition) is 4. The molecule has 8 nitrogen and oxygen atoms in total. The van der Waals surface area contributed by atoms with Crippen LogP contribution in [-0.4, -0.2) is 53.5 Å². The number of alkyl carbamates (subject to hydrolysis) is 1. The summed E-state index contributed by atoms with van der Waals surface area (Å²) < 4.78 is 5.51. The van der Waals surface area contributed by atoms with Crippen LogP contribution in [0.2, 0.25) is 0 Å². The fourth-order valence-corrected chi connectivity index (χ4v) is 3.87. The second-order valence-electron chi connectivity index (χ2n) is 7.77. The molecule has 0 radical (unpaired) electrons. The van der Waals surface area contributed by atoms with Gasteiger partial charge in [-0.15, -0.1) is 0 Å². The number of benzene rings is 2. The van der Waals surface area contributed by atoms with Gasteiger partial charge in [-0.25, -0.2) is 9.59 Å². The predicted octanol–water partition coefficient (Wildman–Crippen LogP) is 2.65. The van der Waals surface area contributed by atoms with Gasteiger partial charge in [0, 0.05) is 31.3 Å². The lowest BCUT2D eigenvalue weighted by Crippen LogP contribution is -2.40. The molecule has 0 bridgehead atoms. The highest BCUT2D eigenvalue weighted by molar-refractivity contribution is 5.79. The average Bonchev–Trinajstić information content (AvgIpc) is 3.10. The minimum Gasteiger partial charge on any atom is -0.479 e. The summed E-state index contributed by atoms with van der Waals surface area (Å²) in [5, 5.41) is 23.1. The number of carboxylic acids is 1. The first kappa shape index (κ1) is 23.3. The molecule has 0 spiro atoms. The van der Waals surface area contributed by atoms with Crippen LogP contribution in [0.15, 0.2) is 48.5 Å². The summed E-state index contributed by atoms with van der Waals surface area (Å²) in [7, 11) is 0. The van der Waals surface area contributed by atoms with E-state index < -0.39 is 24.2 Å². The SMILES string of the molecule is CC[C@H](CC(=O)NCCC(O)C(=O)O)NC(=O)OCC1c2ccccc2-c2ccccc21. The van der Waals surface area contributed by atoms with Gasteiger partial charge in [-0.2, -0.15) is 0 Å². The van der Waals surface area contributed by atoms with Crippen molar-refractivity contribution in [3.05, 3.63) is 59.7 Å². The molecule has 8 heteroatoms. The third-order valence-corrected chi connectivity index (χ3v) is 5.62. The third kappa shape index (κ3) is 5.64. The molecule has 2 atom stereocenters. The lowest BCUT2D eigenvalue weighted by Gasteiger charge is -2.19. The zero-order chi connectivity index (χ0) is 23.1. The number of carboxylic acid groups (broad SMARTS) is 1. The number of amides is 2. The van der Waals surface area contributed by atoms with Crippen molar-refractivity contribution in [3.8, 4) is 11.1 Å². The zero-order valence-corrected chi connectivity index (χ0v) is 17.9. The Kier molecular flexibility index (Phi) is 7.83. The number of rotatable bonds is 10. The first-order valence-electron chi connectivity index (χ1n) is 10.7. The van der Waals surface area contributed by atoms with Crippen molar-refractivity contribution < 1.29 is 29.3 Å². The zero-order valence-electron chi connectivity index (χ0n) is 17.9. The third-order valence-electron chi connectivity index (χ3n) is 5.62. The van der Waals surface area contributed by atoms with E-state index in [-0.39, 0.29) is 37.8 Å². The summed E-state index contributed by atoms with van der Waals surface area (Å²) in [6.07, 6.45) is -1.64. The van der Waals surface area contributed by atoms with Crippen LogP contribution in [0.25, 0.3) is 11.1 Å². The maximum absolute atomic E-state index is 12.4. The Morgan fingerprint density at radius 3 is 2.19 bits per heavy atom. The molecule has 0 aliphatic heterocycles. The van der Waals surface area contributed by atoms with E-state index in [2.05, 4.69) is 22.8 Å². The van der Waals surface area contributed by atoms with Crippen LogP contribution in [0, 0.1) is 0 Å². The summed E-state index contributed by atoms with van der Waals surface area (Å²) in [6.45, 7) is 2.07. The van der Waals surface area contributed by atoms with E-state index in [1.165, 1.54) is 0 Å². The van der Waals surface area contributed by atoms with E-state index in [0.29, 0.717) is 6.42 Å². The molecule has 1 aliphatic carbocycles. The number of aliphatic carboxylic acids is 1. The van der Waals surface area contributed by atoms with Crippen molar-refractivity contribution in [3.63, 3.8) is 0 Å². The molecule has 0 aromatic heterocycles. The van der Waals surface area contributed by atoms with Crippen LogP contribution < -0.4 is 10.6 Å². The Balaban J connectivity index is 1.50. The van der Waals surface area contributed by atoms with Crippen LogP contribution in [0.4, 0.5) is 4.79 Å². The molecule has 170 valence electrons. The van der Waals surface area contributed by atoms with E-state index >= 15 is 0 Å². The molecule has 2 aromatic carbocycles. The number of fused-ring (bicyclic) bond motifs is 3. The summed E-state index contributed by atoms with van der Waals surface area (Å²) >= 11 is 0. The lowest BCUT2D eigenvalue weighted by molar-refractivity contribution is -0.147. The molecule has 2 aromatic rings. The van der Waals surface area contributed by atoms with Crippen LogP contribution in [0.3, 0.4) is 0 Å². The Hall–Kier alpha value is -3.39. The van der Waals surface area contributed by atoms with Gasteiger partial charge in [0.15, 0.2) is 6.10 Å². The van der Waals surface area contributed by atoms with Crippen molar-refractivity contribution in [2.45, 2.75) is 44.2 Å². The van der Waals surface area contributed by atoms with Gasteiger partial charge < -0.3 is 25.6 Å². The highest BCUT2D eigenvalue weighted by atomic mass is 16.5. The number of ether oxygens (including phenoxy) is 1. The fraction of sp³-hybridized carbons (Fsp3) is 0.375. The van der Waals surface area contributed by atoms with E-state index in [9.17, 15) is 19.5 Å². The van der Waals surface area contributed by atoms with Crippen LogP contribution in [-0.2, 0) is 14.3 Å². The molecule has 0 saturated carbocycles. The first-order valence-corrected chi connectivity index (χ1v) is 10.7. The average molecular weight is 440 g/mol. The van der Waals surface area contributed by atoms with Gasteiger partial charge in [0.1, 0.15) is 6.61 Å². The van der Waals surface area contributed by atoms with Gasteiger partial charge in [0.05, 0.1) is 0 Å². The van der Waals surface area contributed by atoms with Crippen LogP contribution in [0.1, 0.15) is 43.2 Å². The van der Waals surface area contributed by atoms with Gasteiger partial charge in [-0.05, 0) is 28.7 Å². The molecule has 1 aliphatic rings. The van der Waals surface area contributed by atoms with E-state index in [0.717, 1.165) is 22.3 Å². The Morgan fingerprint density at radius 2 is 1.62 bits per heavy atom. The molecule has 32 heavy (non-hydrogen) atoms. The van der Waals surface area contributed by atoms with Gasteiger partial charge in [0.25, 0.3) is 0 Å². The van der Waals surface area contributed by atoms with Gasteiger partial charge in [0.2, 0.25) is 5.91 Å². The van der Waals surface area contributed by atoms with E-state index in [1.807, 2.05) is 43.3 Å². The smallest absolute Gasteiger partial charge is 0.407 e. The van der Waals surface area contributed by atoms with Crippen LogP contribution in [0.5, 0.6) is 0 Å². The summed E-state index contributed by atoms with van der Waals surface area (Å²) in [6, 6.07) is 15.7. The summed E-state index contributed by atoms with van der Waals surface area (Å²) in [5.41, 5.74) is 4.54. The standard InChI is InChI=1S/C24H28N2O6/c1-2-15(13-22(28)25-12-11-21(27)23(29)30)26-24(31)32-14-20-18-9-5-3-7-16(18)17-8-4-6-10-19(17)20/h3-10,15,20-21,27H,2,11-14H2,1H3,(H,25,28)(H,26,31)(H,29,30)/t15-,21?/m1/s1. The number of carbonyl (C=O) groups excluding carboxylic acids is 2. The Labute approximate surface area is 186 Å². The molecule has 0 heterocycles. The number of nitrogens with one attached hydrogen (secondary N) is 2. The molecular formula is C24H28N2O6. The molecule has 3 rings (SSSR count). The quantitative estimate of drug-likeness (QED) is 0.450. The monoisotopic (exact) mass is 440 g/mol. The molecule has 0 fully saturated rings. The maximum atomic E-state index is 12.4. The van der Waals surface area contributed by atoms with E-state index in [4.69, 9.17) is 9.84 Å². The molecule has 1 unspecified atom stereocenters. The topological polar surface area (TPSA) is 125 Å². The second kappa shape index (κ2) is 10.8. The largest absolute Gasteiger partial charge is 0.479 e. The number of aliphatic hydroxyl groups is 1. The van der Waals surface area contributed by atoms with Gasteiger partial charge in [-0.3, -0.25) is 4.79 Å². The van der Waals surface area contributed by atoms with Gasteiger partial charge >= 0.3 is 12.1 Å². The molecule has 2 amide bonds. The highest BCUT2D eigenvalue weighted by Gasteiger charge is 2.29. The number of carbonyl (C=O) groups is 3. The maximum Gasteiger partial charge on any atom is 0.407 e. The van der Waals surface area contributed by atoms with Crippen molar-refractivity contribution in [2.75, 3.05) is 13.2 Å². The van der Waals surface area contributed by atoms with E-state index in [1.54, 1.807) is 0 Å². The number of aliphatic hydroxyl groups excluding tert-OH is 1. The normalized spacial score (nSPS) is 14.1. The summed E-state index contributed by atoms with van der Waals surface area (Å²) in [5.74, 6) is -1.71. The number of hydrogen-bond acceptors (Lipinski definition) is 5. The van der Waals surface area contributed by atoms with Crippen molar-refractivity contribution in [1.29, 1.82) is 0 Å². The predicted molar refractivity (Wildman–Crippen MR) is 118 cm³/mol. The minimum absolute atomic E-state index is 0.0316.